The predicted octanol–water partition coefficient (Wildman–Crippen LogP) is 1.87. The molecule has 1 fully saturated rings. The summed E-state index contributed by atoms with van der Waals surface area (Å²) in [6, 6.07) is 6.06. The molecule has 1 aliphatic carbocycles. The minimum Gasteiger partial charge on any atom is -0.484 e. The third-order valence-corrected chi connectivity index (χ3v) is 7.19. The number of piperidine rings is 1. The van der Waals surface area contributed by atoms with Crippen LogP contribution in [0.5, 0.6) is 5.75 Å². The number of aryl methyl sites for hydroxylation is 2. The largest absolute Gasteiger partial charge is 0.484 e. The number of carbonyl (C=O) groups is 1. The number of fused-ring (bicyclic) bond motifs is 1. The molecule has 1 amide bonds. The SMILES string of the molecule is CCCS(=O)(=O)N1CCC(NC(=O)COc2ccc3c(c2)CCC3)CC1. The highest BCUT2D eigenvalue weighted by molar-refractivity contribution is 7.89. The molecule has 0 saturated carbocycles. The maximum atomic E-state index is 12.1. The summed E-state index contributed by atoms with van der Waals surface area (Å²) >= 11 is 0. The quantitative estimate of drug-likeness (QED) is 0.784. The van der Waals surface area contributed by atoms with Crippen LogP contribution in [-0.4, -0.2) is 50.1 Å². The van der Waals surface area contributed by atoms with E-state index >= 15 is 0 Å². The maximum absolute atomic E-state index is 12.1. The zero-order chi connectivity index (χ0) is 18.6. The van der Waals surface area contributed by atoms with E-state index in [9.17, 15) is 13.2 Å². The van der Waals surface area contributed by atoms with Gasteiger partial charge < -0.3 is 10.1 Å². The number of rotatable bonds is 7. The van der Waals surface area contributed by atoms with E-state index in [2.05, 4.69) is 11.4 Å². The molecule has 7 heteroatoms. The Morgan fingerprint density at radius 1 is 1.23 bits per heavy atom. The average molecular weight is 381 g/mol. The Morgan fingerprint density at radius 3 is 2.69 bits per heavy atom. The molecule has 1 heterocycles. The van der Waals surface area contributed by atoms with Crippen LogP contribution in [0.2, 0.25) is 0 Å². The predicted molar refractivity (Wildman–Crippen MR) is 101 cm³/mol. The van der Waals surface area contributed by atoms with Crippen molar-refractivity contribution < 1.29 is 17.9 Å². The smallest absolute Gasteiger partial charge is 0.258 e. The molecule has 0 unspecified atom stereocenters. The Bertz CT molecular complexity index is 740. The van der Waals surface area contributed by atoms with Crippen molar-refractivity contribution in [3.05, 3.63) is 29.3 Å². The highest BCUT2D eigenvalue weighted by Crippen LogP contribution is 2.26. The van der Waals surface area contributed by atoms with E-state index in [1.807, 2.05) is 19.1 Å². The molecule has 6 nitrogen and oxygen atoms in total. The highest BCUT2D eigenvalue weighted by Gasteiger charge is 2.28. The second-order valence-corrected chi connectivity index (χ2v) is 9.22. The molecule has 0 spiro atoms. The zero-order valence-corrected chi connectivity index (χ0v) is 16.2. The lowest BCUT2D eigenvalue weighted by atomic mass is 10.1. The second-order valence-electron chi connectivity index (χ2n) is 7.13. The molecule has 2 aliphatic rings. The van der Waals surface area contributed by atoms with Crippen LogP contribution in [0.3, 0.4) is 0 Å². The van der Waals surface area contributed by atoms with Gasteiger partial charge in [-0.1, -0.05) is 13.0 Å². The van der Waals surface area contributed by atoms with Gasteiger partial charge in [0.05, 0.1) is 5.75 Å². The summed E-state index contributed by atoms with van der Waals surface area (Å²) in [5.41, 5.74) is 2.70. The molecule has 1 saturated heterocycles. The van der Waals surface area contributed by atoms with Crippen molar-refractivity contribution in [1.82, 2.24) is 9.62 Å². The first-order chi connectivity index (χ1) is 12.5. The lowest BCUT2D eigenvalue weighted by molar-refractivity contribution is -0.124. The summed E-state index contributed by atoms with van der Waals surface area (Å²) in [7, 11) is -3.14. The van der Waals surface area contributed by atoms with Gasteiger partial charge in [-0.25, -0.2) is 12.7 Å². The number of carbonyl (C=O) groups excluding carboxylic acids is 1. The molecule has 3 rings (SSSR count). The minimum absolute atomic E-state index is 0.00681. The third-order valence-electron chi connectivity index (χ3n) is 5.11. The Hall–Kier alpha value is -1.60. The minimum atomic E-state index is -3.14. The highest BCUT2D eigenvalue weighted by atomic mass is 32.2. The van der Waals surface area contributed by atoms with Gasteiger partial charge in [0.2, 0.25) is 10.0 Å². The van der Waals surface area contributed by atoms with E-state index < -0.39 is 10.0 Å². The van der Waals surface area contributed by atoms with Crippen molar-refractivity contribution in [2.45, 2.75) is 51.5 Å². The topological polar surface area (TPSA) is 75.7 Å². The van der Waals surface area contributed by atoms with Crippen LogP contribution in [0, 0.1) is 0 Å². The van der Waals surface area contributed by atoms with E-state index in [4.69, 9.17) is 4.74 Å². The maximum Gasteiger partial charge on any atom is 0.258 e. The fraction of sp³-hybridized carbons (Fsp3) is 0.632. The molecular formula is C19H28N2O4S. The van der Waals surface area contributed by atoms with Crippen molar-refractivity contribution in [1.29, 1.82) is 0 Å². The molecule has 26 heavy (non-hydrogen) atoms. The normalized spacial score (nSPS) is 18.5. The monoisotopic (exact) mass is 380 g/mol. The fourth-order valence-electron chi connectivity index (χ4n) is 3.72. The number of nitrogens with zero attached hydrogens (tertiary/aromatic N) is 1. The van der Waals surface area contributed by atoms with Gasteiger partial charge in [-0.05, 0) is 61.8 Å². The molecule has 1 aromatic rings. The lowest BCUT2D eigenvalue weighted by Gasteiger charge is -2.31. The van der Waals surface area contributed by atoms with Gasteiger partial charge in [0.1, 0.15) is 5.75 Å². The van der Waals surface area contributed by atoms with Crippen LogP contribution in [0.4, 0.5) is 0 Å². The summed E-state index contributed by atoms with van der Waals surface area (Å²) in [4.78, 5) is 12.1. The van der Waals surface area contributed by atoms with Crippen LogP contribution < -0.4 is 10.1 Å². The molecule has 0 atom stereocenters. The van der Waals surface area contributed by atoms with Crippen LogP contribution in [0.15, 0.2) is 18.2 Å². The molecule has 0 radical (unpaired) electrons. The van der Waals surface area contributed by atoms with Crippen molar-refractivity contribution >= 4 is 15.9 Å². The summed E-state index contributed by atoms with van der Waals surface area (Å²) < 4.78 is 31.3. The van der Waals surface area contributed by atoms with Gasteiger partial charge in [0.15, 0.2) is 6.61 Å². The van der Waals surface area contributed by atoms with Gasteiger partial charge in [-0.3, -0.25) is 4.79 Å². The van der Waals surface area contributed by atoms with Crippen LogP contribution in [0.25, 0.3) is 0 Å². The first-order valence-electron chi connectivity index (χ1n) is 9.49. The molecule has 0 bridgehead atoms. The Morgan fingerprint density at radius 2 is 1.96 bits per heavy atom. The Labute approximate surface area is 156 Å². The van der Waals surface area contributed by atoms with Crippen LogP contribution >= 0.6 is 0 Å². The van der Waals surface area contributed by atoms with Crippen molar-refractivity contribution in [2.75, 3.05) is 25.4 Å². The summed E-state index contributed by atoms with van der Waals surface area (Å²) in [5.74, 6) is 0.778. The van der Waals surface area contributed by atoms with Crippen LogP contribution in [0.1, 0.15) is 43.7 Å². The second kappa shape index (κ2) is 8.39. The number of ether oxygens (including phenoxy) is 1. The summed E-state index contributed by atoms with van der Waals surface area (Å²) in [6.45, 7) is 2.80. The number of hydrogen-bond donors (Lipinski definition) is 1. The molecular weight excluding hydrogens is 352 g/mol. The van der Waals surface area contributed by atoms with Gasteiger partial charge in [-0.15, -0.1) is 0 Å². The van der Waals surface area contributed by atoms with Crippen LogP contribution in [-0.2, 0) is 27.7 Å². The van der Waals surface area contributed by atoms with E-state index in [0.29, 0.717) is 32.4 Å². The zero-order valence-electron chi connectivity index (χ0n) is 15.4. The number of benzene rings is 1. The number of hydrogen-bond acceptors (Lipinski definition) is 4. The summed E-state index contributed by atoms with van der Waals surface area (Å²) in [6.07, 6.45) is 5.31. The molecule has 0 aromatic heterocycles. The van der Waals surface area contributed by atoms with Gasteiger partial charge in [-0.2, -0.15) is 0 Å². The molecule has 1 N–H and O–H groups in total. The van der Waals surface area contributed by atoms with Crippen molar-refractivity contribution in [2.24, 2.45) is 0 Å². The number of amides is 1. The third kappa shape index (κ3) is 4.76. The van der Waals surface area contributed by atoms with Crippen molar-refractivity contribution in [3.8, 4) is 5.75 Å². The Balaban J connectivity index is 1.42. The van der Waals surface area contributed by atoms with Gasteiger partial charge in [0, 0.05) is 19.1 Å². The van der Waals surface area contributed by atoms with E-state index in [0.717, 1.165) is 18.6 Å². The molecule has 1 aromatic carbocycles. The number of nitrogens with one attached hydrogen (secondary N) is 1. The van der Waals surface area contributed by atoms with Gasteiger partial charge in [0.25, 0.3) is 5.91 Å². The lowest BCUT2D eigenvalue weighted by Crippen LogP contribution is -2.47. The van der Waals surface area contributed by atoms with Crippen molar-refractivity contribution in [3.63, 3.8) is 0 Å². The molecule has 1 aliphatic heterocycles. The Kier molecular flexibility index (Phi) is 6.19. The molecule has 144 valence electrons. The number of sulfonamides is 1. The van der Waals surface area contributed by atoms with E-state index in [1.54, 1.807) is 4.31 Å². The summed E-state index contributed by atoms with van der Waals surface area (Å²) in [5, 5.41) is 2.96. The first kappa shape index (κ1) is 19.2. The fourth-order valence-corrected chi connectivity index (χ4v) is 5.26. The first-order valence-corrected chi connectivity index (χ1v) is 11.1. The standard InChI is InChI=1S/C19H28N2O4S/c1-2-12-26(23,24)21-10-8-17(9-11-21)20-19(22)14-25-18-7-6-15-4-3-5-16(15)13-18/h6-7,13,17H,2-5,8-12,14H2,1H3,(H,20,22). The van der Waals surface area contributed by atoms with E-state index in [-0.39, 0.29) is 24.3 Å². The van der Waals surface area contributed by atoms with E-state index in [1.165, 1.54) is 17.5 Å². The van der Waals surface area contributed by atoms with Gasteiger partial charge >= 0.3 is 0 Å². The average Bonchev–Trinajstić information content (AvgIpc) is 3.08.